The Bertz CT molecular complexity index is 376. The van der Waals surface area contributed by atoms with Gasteiger partial charge in [0.1, 0.15) is 5.75 Å². The van der Waals surface area contributed by atoms with Crippen molar-refractivity contribution >= 4 is 5.97 Å². The molecule has 0 N–H and O–H groups in total. The minimum Gasteiger partial charge on any atom is -0.423 e. The number of carbonyl (C=O) groups excluding carboxylic acids is 1. The van der Waals surface area contributed by atoms with Crippen molar-refractivity contribution in [2.45, 2.75) is 6.42 Å². The molecule has 0 amide bonds. The summed E-state index contributed by atoms with van der Waals surface area (Å²) in [4.78, 5) is 11.2. The third kappa shape index (κ3) is 2.76. The van der Waals surface area contributed by atoms with Crippen LogP contribution in [0.15, 0.2) is 42.5 Å². The van der Waals surface area contributed by atoms with E-state index in [0.717, 1.165) is 0 Å². The molecule has 1 aromatic rings. The third-order valence-corrected chi connectivity index (χ3v) is 1.53. The summed E-state index contributed by atoms with van der Waals surface area (Å²) >= 11 is 0. The third-order valence-electron chi connectivity index (χ3n) is 1.53. The fourth-order valence-corrected chi connectivity index (χ4v) is 0.835. The summed E-state index contributed by atoms with van der Waals surface area (Å²) in [5.41, 5.74) is 0.163. The van der Waals surface area contributed by atoms with E-state index in [9.17, 15) is 4.79 Å². The Balaban J connectivity index is 2.59. The Labute approximate surface area is 82.2 Å². The number of para-hydroxylation sites is 1. The number of benzene rings is 1. The zero-order valence-corrected chi connectivity index (χ0v) is 7.56. The average Bonchev–Trinajstić information content (AvgIpc) is 2.19. The Kier molecular flexibility index (Phi) is 3.45. The SMILES string of the molecule is C=C(CC#N)C(=O)Oc1ccccc1. The first kappa shape index (κ1) is 10.0. The molecule has 0 atom stereocenters. The van der Waals surface area contributed by atoms with E-state index in [1.807, 2.05) is 12.1 Å². The lowest BCUT2D eigenvalue weighted by atomic mass is 10.2. The molecule has 0 bridgehead atoms. The van der Waals surface area contributed by atoms with Crippen molar-refractivity contribution in [3.8, 4) is 11.8 Å². The van der Waals surface area contributed by atoms with Crippen molar-refractivity contribution in [3.63, 3.8) is 0 Å². The molecule has 0 aliphatic carbocycles. The number of esters is 1. The van der Waals surface area contributed by atoms with Crippen LogP contribution in [0, 0.1) is 11.3 Å². The highest BCUT2D eigenvalue weighted by molar-refractivity contribution is 5.89. The lowest BCUT2D eigenvalue weighted by Crippen LogP contribution is -2.09. The highest BCUT2D eigenvalue weighted by Gasteiger charge is 2.08. The van der Waals surface area contributed by atoms with Crippen molar-refractivity contribution in [2.24, 2.45) is 0 Å². The zero-order chi connectivity index (χ0) is 10.4. The van der Waals surface area contributed by atoms with Crippen LogP contribution in [0.1, 0.15) is 6.42 Å². The Morgan fingerprint density at radius 2 is 2.07 bits per heavy atom. The lowest BCUT2D eigenvalue weighted by molar-refractivity contribution is -0.130. The van der Waals surface area contributed by atoms with Gasteiger partial charge >= 0.3 is 5.97 Å². The number of rotatable bonds is 3. The molecule has 0 aliphatic rings. The van der Waals surface area contributed by atoms with E-state index in [-0.39, 0.29) is 12.0 Å². The number of carbonyl (C=O) groups is 1. The number of nitriles is 1. The smallest absolute Gasteiger partial charge is 0.339 e. The summed E-state index contributed by atoms with van der Waals surface area (Å²) in [6.07, 6.45) is -0.00827. The number of nitrogens with zero attached hydrogens (tertiary/aromatic N) is 1. The first-order valence-electron chi connectivity index (χ1n) is 4.06. The number of ether oxygens (including phenoxy) is 1. The molecule has 70 valence electrons. The number of hydrogen-bond acceptors (Lipinski definition) is 3. The van der Waals surface area contributed by atoms with Crippen molar-refractivity contribution in [3.05, 3.63) is 42.5 Å². The van der Waals surface area contributed by atoms with E-state index in [4.69, 9.17) is 10.00 Å². The van der Waals surface area contributed by atoms with Gasteiger partial charge in [0.05, 0.1) is 12.5 Å². The van der Waals surface area contributed by atoms with Gasteiger partial charge in [0, 0.05) is 5.57 Å². The molecule has 3 nitrogen and oxygen atoms in total. The summed E-state index contributed by atoms with van der Waals surface area (Å²) in [6, 6.07) is 10.5. The van der Waals surface area contributed by atoms with Crippen molar-refractivity contribution in [1.82, 2.24) is 0 Å². The molecular weight excluding hydrogens is 178 g/mol. The molecule has 0 unspecified atom stereocenters. The van der Waals surface area contributed by atoms with Gasteiger partial charge in [0.25, 0.3) is 0 Å². The summed E-state index contributed by atoms with van der Waals surface area (Å²) in [7, 11) is 0. The van der Waals surface area contributed by atoms with Gasteiger partial charge in [-0.3, -0.25) is 0 Å². The van der Waals surface area contributed by atoms with Crippen LogP contribution >= 0.6 is 0 Å². The standard InChI is InChI=1S/C11H9NO2/c1-9(7-8-12)11(13)14-10-5-3-2-4-6-10/h2-6H,1,7H2. The minimum absolute atomic E-state index is 0.00827. The van der Waals surface area contributed by atoms with Crippen molar-refractivity contribution in [2.75, 3.05) is 0 Å². The maximum absolute atomic E-state index is 11.2. The molecule has 0 spiro atoms. The highest BCUT2D eigenvalue weighted by atomic mass is 16.5. The van der Waals surface area contributed by atoms with Crippen LogP contribution in [0.25, 0.3) is 0 Å². The second kappa shape index (κ2) is 4.83. The van der Waals surface area contributed by atoms with Gasteiger partial charge in [-0.05, 0) is 12.1 Å². The van der Waals surface area contributed by atoms with E-state index in [1.165, 1.54) is 0 Å². The van der Waals surface area contributed by atoms with Gasteiger partial charge in [-0.15, -0.1) is 0 Å². The quantitative estimate of drug-likeness (QED) is 0.413. The van der Waals surface area contributed by atoms with E-state index in [1.54, 1.807) is 24.3 Å². The maximum atomic E-state index is 11.2. The van der Waals surface area contributed by atoms with Gasteiger partial charge < -0.3 is 4.74 Å². The second-order valence-corrected chi connectivity index (χ2v) is 2.64. The molecule has 0 aliphatic heterocycles. The fourth-order valence-electron chi connectivity index (χ4n) is 0.835. The average molecular weight is 187 g/mol. The molecule has 0 aromatic heterocycles. The summed E-state index contributed by atoms with van der Waals surface area (Å²) in [6.45, 7) is 3.44. The van der Waals surface area contributed by atoms with E-state index in [0.29, 0.717) is 5.75 Å². The monoisotopic (exact) mass is 187 g/mol. The van der Waals surface area contributed by atoms with Gasteiger partial charge in [-0.25, -0.2) is 4.79 Å². The number of hydrogen-bond donors (Lipinski definition) is 0. The molecule has 0 saturated carbocycles. The van der Waals surface area contributed by atoms with E-state index in [2.05, 4.69) is 6.58 Å². The van der Waals surface area contributed by atoms with Crippen LogP contribution in [0.3, 0.4) is 0 Å². The first-order chi connectivity index (χ1) is 6.74. The minimum atomic E-state index is -0.558. The summed E-state index contributed by atoms with van der Waals surface area (Å²) in [5, 5.41) is 8.33. The Morgan fingerprint density at radius 3 is 2.64 bits per heavy atom. The van der Waals surface area contributed by atoms with Crippen LogP contribution in [-0.2, 0) is 4.79 Å². The molecular formula is C11H9NO2. The van der Waals surface area contributed by atoms with Crippen LogP contribution in [0.4, 0.5) is 0 Å². The molecule has 14 heavy (non-hydrogen) atoms. The predicted molar refractivity (Wildman–Crippen MR) is 51.4 cm³/mol. The van der Waals surface area contributed by atoms with Crippen LogP contribution in [-0.4, -0.2) is 5.97 Å². The predicted octanol–water partition coefficient (Wildman–Crippen LogP) is 2.06. The highest BCUT2D eigenvalue weighted by Crippen LogP contribution is 2.11. The zero-order valence-electron chi connectivity index (χ0n) is 7.56. The van der Waals surface area contributed by atoms with E-state index >= 15 is 0 Å². The molecule has 0 saturated heterocycles. The molecule has 0 fully saturated rings. The first-order valence-corrected chi connectivity index (χ1v) is 4.06. The maximum Gasteiger partial charge on any atom is 0.339 e. The lowest BCUT2D eigenvalue weighted by Gasteiger charge is -2.02. The molecule has 1 aromatic carbocycles. The summed E-state index contributed by atoms with van der Waals surface area (Å²) in [5.74, 6) is -0.102. The Morgan fingerprint density at radius 1 is 1.43 bits per heavy atom. The van der Waals surface area contributed by atoms with Crippen molar-refractivity contribution < 1.29 is 9.53 Å². The largest absolute Gasteiger partial charge is 0.423 e. The topological polar surface area (TPSA) is 50.1 Å². The Hall–Kier alpha value is -2.08. The van der Waals surface area contributed by atoms with Crippen molar-refractivity contribution in [1.29, 1.82) is 5.26 Å². The molecule has 3 heteroatoms. The van der Waals surface area contributed by atoms with E-state index < -0.39 is 5.97 Å². The fraction of sp³-hybridized carbons (Fsp3) is 0.0909. The van der Waals surface area contributed by atoms with Gasteiger partial charge in [-0.1, -0.05) is 24.8 Å². The molecule has 0 heterocycles. The second-order valence-electron chi connectivity index (χ2n) is 2.64. The van der Waals surface area contributed by atoms with Gasteiger partial charge in [0.2, 0.25) is 0 Å². The van der Waals surface area contributed by atoms with Crippen LogP contribution in [0.5, 0.6) is 5.75 Å². The van der Waals surface area contributed by atoms with Crippen LogP contribution in [0.2, 0.25) is 0 Å². The van der Waals surface area contributed by atoms with Crippen LogP contribution < -0.4 is 4.74 Å². The summed E-state index contributed by atoms with van der Waals surface area (Å²) < 4.78 is 4.94. The molecule has 1 rings (SSSR count). The van der Waals surface area contributed by atoms with Gasteiger partial charge in [-0.2, -0.15) is 5.26 Å². The molecule has 0 radical (unpaired) electrons. The van der Waals surface area contributed by atoms with Gasteiger partial charge in [0.15, 0.2) is 0 Å². The normalized spacial score (nSPS) is 8.79.